The van der Waals surface area contributed by atoms with E-state index in [0.717, 1.165) is 23.7 Å². The lowest BCUT2D eigenvalue weighted by atomic mass is 10.1. The summed E-state index contributed by atoms with van der Waals surface area (Å²) in [5.41, 5.74) is 6.34. The minimum atomic E-state index is -0.286. The largest absolute Gasteiger partial charge is 0.341 e. The molecule has 104 valence electrons. The van der Waals surface area contributed by atoms with Gasteiger partial charge in [-0.1, -0.05) is 15.9 Å². The van der Waals surface area contributed by atoms with Crippen molar-refractivity contribution in [1.82, 2.24) is 4.90 Å². The zero-order chi connectivity index (χ0) is 14.0. The van der Waals surface area contributed by atoms with E-state index >= 15 is 0 Å². The maximum atomic E-state index is 13.7. The maximum absolute atomic E-state index is 13.7. The Labute approximate surface area is 121 Å². The molecule has 0 radical (unpaired) electrons. The lowest BCUT2D eigenvalue weighted by Crippen LogP contribution is -2.32. The molecule has 1 saturated carbocycles. The lowest BCUT2D eigenvalue weighted by Gasteiger charge is -2.21. The van der Waals surface area contributed by atoms with Gasteiger partial charge in [0.05, 0.1) is 0 Å². The van der Waals surface area contributed by atoms with Crippen molar-refractivity contribution in [3.05, 3.63) is 34.1 Å². The molecule has 3 nitrogen and oxygen atoms in total. The van der Waals surface area contributed by atoms with Crippen LogP contribution in [0.5, 0.6) is 0 Å². The summed E-state index contributed by atoms with van der Waals surface area (Å²) in [6, 6.07) is 4.89. The molecule has 19 heavy (non-hydrogen) atoms. The average Bonchev–Trinajstić information content (AvgIpc) is 2.79. The third-order valence-electron chi connectivity index (χ3n) is 3.61. The summed E-state index contributed by atoms with van der Waals surface area (Å²) < 4.78 is 14.5. The number of amides is 1. The highest BCUT2D eigenvalue weighted by Crippen LogP contribution is 2.26. The van der Waals surface area contributed by atoms with Crippen LogP contribution >= 0.6 is 15.9 Å². The Bertz CT molecular complexity index is 481. The molecule has 2 atom stereocenters. The van der Waals surface area contributed by atoms with Crippen molar-refractivity contribution in [1.29, 1.82) is 0 Å². The van der Waals surface area contributed by atoms with Crippen LogP contribution in [0.15, 0.2) is 22.7 Å². The number of rotatable bonds is 3. The summed E-state index contributed by atoms with van der Waals surface area (Å²) in [6.07, 6.45) is 2.48. The van der Waals surface area contributed by atoms with Crippen LogP contribution in [0.2, 0.25) is 0 Å². The van der Waals surface area contributed by atoms with Crippen molar-refractivity contribution in [2.45, 2.75) is 31.8 Å². The minimum Gasteiger partial charge on any atom is -0.341 e. The molecular weight excluding hydrogens is 311 g/mol. The Morgan fingerprint density at radius 3 is 2.89 bits per heavy atom. The van der Waals surface area contributed by atoms with E-state index in [2.05, 4.69) is 15.9 Å². The number of halogens is 2. The van der Waals surface area contributed by atoms with Crippen LogP contribution in [0.25, 0.3) is 0 Å². The highest BCUT2D eigenvalue weighted by molar-refractivity contribution is 9.10. The van der Waals surface area contributed by atoms with Gasteiger partial charge in [0.1, 0.15) is 5.82 Å². The van der Waals surface area contributed by atoms with E-state index in [1.54, 1.807) is 24.1 Å². The summed E-state index contributed by atoms with van der Waals surface area (Å²) in [6.45, 7) is 0.288. The fourth-order valence-corrected chi connectivity index (χ4v) is 2.96. The third kappa shape index (κ3) is 3.54. The zero-order valence-corrected chi connectivity index (χ0v) is 12.5. The quantitative estimate of drug-likeness (QED) is 0.927. The Balaban J connectivity index is 2.02. The molecule has 2 N–H and O–H groups in total. The second-order valence-electron chi connectivity index (χ2n) is 5.20. The molecule has 2 rings (SSSR count). The number of hydrogen-bond acceptors (Lipinski definition) is 2. The summed E-state index contributed by atoms with van der Waals surface area (Å²) in [7, 11) is 1.71. The van der Waals surface area contributed by atoms with Gasteiger partial charge in [0.25, 0.3) is 0 Å². The molecule has 1 aromatic carbocycles. The van der Waals surface area contributed by atoms with Crippen LogP contribution in [0, 0.1) is 11.7 Å². The normalized spacial score (nSPS) is 22.5. The molecule has 0 aromatic heterocycles. The topological polar surface area (TPSA) is 46.3 Å². The van der Waals surface area contributed by atoms with Gasteiger partial charge < -0.3 is 10.6 Å². The fourth-order valence-electron chi connectivity index (χ4n) is 2.55. The van der Waals surface area contributed by atoms with E-state index in [1.807, 2.05) is 0 Å². The number of nitrogens with zero attached hydrogens (tertiary/aromatic N) is 1. The Kier molecular flexibility index (Phi) is 4.58. The second kappa shape index (κ2) is 6.01. The summed E-state index contributed by atoms with van der Waals surface area (Å²) >= 11 is 3.31. The van der Waals surface area contributed by atoms with Gasteiger partial charge >= 0.3 is 0 Å². The molecule has 0 bridgehead atoms. The second-order valence-corrected chi connectivity index (χ2v) is 6.12. The predicted molar refractivity (Wildman–Crippen MR) is 75.9 cm³/mol. The predicted octanol–water partition coefficient (Wildman–Crippen LogP) is 2.67. The number of benzene rings is 1. The monoisotopic (exact) mass is 328 g/mol. The average molecular weight is 329 g/mol. The number of carbonyl (C=O) groups excluding carboxylic acids is 1. The van der Waals surface area contributed by atoms with Crippen molar-refractivity contribution < 1.29 is 9.18 Å². The molecule has 1 aromatic rings. The van der Waals surface area contributed by atoms with Gasteiger partial charge in [-0.25, -0.2) is 4.39 Å². The molecule has 1 amide bonds. The molecule has 2 unspecified atom stereocenters. The number of carbonyl (C=O) groups is 1. The van der Waals surface area contributed by atoms with Crippen molar-refractivity contribution in [2.24, 2.45) is 11.7 Å². The third-order valence-corrected chi connectivity index (χ3v) is 4.11. The van der Waals surface area contributed by atoms with Gasteiger partial charge in [-0.3, -0.25) is 4.79 Å². The van der Waals surface area contributed by atoms with E-state index in [1.165, 1.54) is 6.07 Å². The molecule has 1 fully saturated rings. The summed E-state index contributed by atoms with van der Waals surface area (Å²) in [5.74, 6) is -0.228. The molecule has 1 aliphatic rings. The van der Waals surface area contributed by atoms with Crippen LogP contribution in [0.4, 0.5) is 4.39 Å². The zero-order valence-electron chi connectivity index (χ0n) is 10.9. The lowest BCUT2D eigenvalue weighted by molar-refractivity contribution is -0.134. The Hall–Kier alpha value is -0.940. The van der Waals surface area contributed by atoms with E-state index in [4.69, 9.17) is 5.73 Å². The first-order chi connectivity index (χ1) is 8.97. The van der Waals surface area contributed by atoms with Gasteiger partial charge in [0, 0.05) is 35.6 Å². The highest BCUT2D eigenvalue weighted by atomic mass is 79.9. The molecule has 5 heteroatoms. The molecule has 0 saturated heterocycles. The SMILES string of the molecule is CN(Cc1cc(Br)ccc1F)C(=O)C1CCC(N)C1. The number of nitrogens with two attached hydrogens (primary N) is 1. The van der Waals surface area contributed by atoms with Crippen molar-refractivity contribution in [2.75, 3.05) is 7.05 Å². The fraction of sp³-hybridized carbons (Fsp3) is 0.500. The maximum Gasteiger partial charge on any atom is 0.225 e. The van der Waals surface area contributed by atoms with Gasteiger partial charge in [-0.2, -0.15) is 0 Å². The molecule has 0 spiro atoms. The van der Waals surface area contributed by atoms with E-state index in [0.29, 0.717) is 5.56 Å². The van der Waals surface area contributed by atoms with Gasteiger partial charge in [0.2, 0.25) is 5.91 Å². The van der Waals surface area contributed by atoms with Crippen LogP contribution in [0.1, 0.15) is 24.8 Å². The van der Waals surface area contributed by atoms with E-state index in [9.17, 15) is 9.18 Å². The summed E-state index contributed by atoms with van der Waals surface area (Å²) in [5, 5.41) is 0. The Morgan fingerprint density at radius 1 is 1.53 bits per heavy atom. The van der Waals surface area contributed by atoms with Gasteiger partial charge in [0.15, 0.2) is 0 Å². The van der Waals surface area contributed by atoms with Crippen molar-refractivity contribution in [3.63, 3.8) is 0 Å². The number of hydrogen-bond donors (Lipinski definition) is 1. The van der Waals surface area contributed by atoms with Crippen LogP contribution < -0.4 is 5.73 Å². The van der Waals surface area contributed by atoms with Gasteiger partial charge in [-0.05, 0) is 37.5 Å². The molecule has 0 heterocycles. The van der Waals surface area contributed by atoms with E-state index in [-0.39, 0.29) is 30.2 Å². The van der Waals surface area contributed by atoms with Crippen LogP contribution in [-0.2, 0) is 11.3 Å². The standard InChI is InChI=1S/C14H18BrFN2O/c1-18(14(19)9-2-4-12(17)7-9)8-10-6-11(15)3-5-13(10)16/h3,5-6,9,12H,2,4,7-8,17H2,1H3. The highest BCUT2D eigenvalue weighted by Gasteiger charge is 2.29. The Morgan fingerprint density at radius 2 is 2.26 bits per heavy atom. The van der Waals surface area contributed by atoms with Crippen LogP contribution in [-0.4, -0.2) is 23.9 Å². The molecule has 1 aliphatic carbocycles. The smallest absolute Gasteiger partial charge is 0.225 e. The minimum absolute atomic E-state index is 0.00443. The van der Waals surface area contributed by atoms with Crippen molar-refractivity contribution >= 4 is 21.8 Å². The first kappa shape index (κ1) is 14.5. The first-order valence-corrected chi connectivity index (χ1v) is 7.21. The van der Waals surface area contributed by atoms with E-state index < -0.39 is 0 Å². The molecular formula is C14H18BrFN2O. The first-order valence-electron chi connectivity index (χ1n) is 6.42. The van der Waals surface area contributed by atoms with Gasteiger partial charge in [-0.15, -0.1) is 0 Å². The molecule has 0 aliphatic heterocycles. The van der Waals surface area contributed by atoms with Crippen LogP contribution in [0.3, 0.4) is 0 Å². The summed E-state index contributed by atoms with van der Waals surface area (Å²) in [4.78, 5) is 13.8. The van der Waals surface area contributed by atoms with Crippen molar-refractivity contribution in [3.8, 4) is 0 Å².